The van der Waals surface area contributed by atoms with Crippen LogP contribution in [-0.2, 0) is 6.42 Å². The summed E-state index contributed by atoms with van der Waals surface area (Å²) < 4.78 is 0. The van der Waals surface area contributed by atoms with Crippen molar-refractivity contribution >= 4 is 0 Å². The van der Waals surface area contributed by atoms with E-state index >= 15 is 0 Å². The molecule has 0 aromatic carbocycles. The van der Waals surface area contributed by atoms with Gasteiger partial charge in [0.2, 0.25) is 0 Å². The average Bonchev–Trinajstić information content (AvgIpc) is 2.03. The van der Waals surface area contributed by atoms with Crippen LogP contribution in [0.15, 0.2) is 37.1 Å². The topological polar surface area (TPSA) is 12.9 Å². The highest BCUT2D eigenvalue weighted by Gasteiger charge is 1.87. The smallest absolute Gasteiger partial charge is 0.0406 e. The molecule has 0 fully saturated rings. The zero-order chi connectivity index (χ0) is 7.23. The maximum absolute atomic E-state index is 4.17. The molecule has 0 aliphatic heterocycles. The number of aryl methyl sites for hydroxylation is 1. The van der Waals surface area contributed by atoms with Gasteiger partial charge in [-0.05, 0) is 25.0 Å². The van der Waals surface area contributed by atoms with Gasteiger partial charge in [0, 0.05) is 11.9 Å². The minimum Gasteiger partial charge on any atom is -0.261 e. The molecule has 1 aromatic rings. The van der Waals surface area contributed by atoms with E-state index in [0.717, 1.165) is 18.5 Å². The zero-order valence-electron chi connectivity index (χ0n) is 5.96. The van der Waals surface area contributed by atoms with Crippen molar-refractivity contribution in [3.8, 4) is 0 Å². The molecule has 0 unspecified atom stereocenters. The van der Waals surface area contributed by atoms with Crippen LogP contribution >= 0.6 is 0 Å². The van der Waals surface area contributed by atoms with Crippen LogP contribution in [0.25, 0.3) is 0 Å². The van der Waals surface area contributed by atoms with E-state index in [-0.39, 0.29) is 0 Å². The largest absolute Gasteiger partial charge is 0.261 e. The molecule has 1 heterocycles. The molecule has 0 saturated heterocycles. The molecule has 0 N–H and O–H groups in total. The van der Waals surface area contributed by atoms with Crippen LogP contribution in [0.4, 0.5) is 0 Å². The molecular formula is C9H11N. The van der Waals surface area contributed by atoms with E-state index in [9.17, 15) is 0 Å². The highest BCUT2D eigenvalue weighted by Crippen LogP contribution is 1.97. The van der Waals surface area contributed by atoms with E-state index in [0.29, 0.717) is 0 Å². The molecular weight excluding hydrogens is 122 g/mol. The van der Waals surface area contributed by atoms with Crippen LogP contribution in [0.3, 0.4) is 0 Å². The summed E-state index contributed by atoms with van der Waals surface area (Å²) in [7, 11) is 0. The van der Waals surface area contributed by atoms with E-state index in [1.807, 2.05) is 30.5 Å². The molecule has 52 valence electrons. The summed E-state index contributed by atoms with van der Waals surface area (Å²) >= 11 is 0. The Bertz CT molecular complexity index is 191. The Morgan fingerprint density at radius 3 is 3.00 bits per heavy atom. The van der Waals surface area contributed by atoms with E-state index in [1.165, 1.54) is 0 Å². The predicted molar refractivity (Wildman–Crippen MR) is 42.8 cm³/mol. The molecule has 1 aromatic heterocycles. The lowest BCUT2D eigenvalue weighted by atomic mass is 10.2. The first-order valence-electron chi connectivity index (χ1n) is 3.44. The number of aromatic nitrogens is 1. The molecule has 0 spiro atoms. The summed E-state index contributed by atoms with van der Waals surface area (Å²) in [5.41, 5.74) is 1.14. The van der Waals surface area contributed by atoms with Crippen molar-refractivity contribution in [3.63, 3.8) is 0 Å². The highest BCUT2D eigenvalue weighted by atomic mass is 14.7. The van der Waals surface area contributed by atoms with Crippen molar-refractivity contribution in [2.75, 3.05) is 0 Å². The molecule has 0 atom stereocenters. The van der Waals surface area contributed by atoms with Crippen molar-refractivity contribution in [1.82, 2.24) is 4.98 Å². The zero-order valence-corrected chi connectivity index (χ0v) is 5.96. The molecule has 0 aliphatic carbocycles. The van der Waals surface area contributed by atoms with Crippen LogP contribution in [0.1, 0.15) is 12.1 Å². The first-order chi connectivity index (χ1) is 4.93. The summed E-state index contributed by atoms with van der Waals surface area (Å²) in [6.07, 6.45) is 5.74. The van der Waals surface area contributed by atoms with E-state index in [4.69, 9.17) is 0 Å². The lowest BCUT2D eigenvalue weighted by Crippen LogP contribution is -1.85. The summed E-state index contributed by atoms with van der Waals surface area (Å²) in [6, 6.07) is 5.96. The predicted octanol–water partition coefficient (Wildman–Crippen LogP) is 2.20. The fourth-order valence-electron chi connectivity index (χ4n) is 0.796. The molecule has 0 bridgehead atoms. The van der Waals surface area contributed by atoms with Crippen LogP contribution in [0.5, 0.6) is 0 Å². The summed E-state index contributed by atoms with van der Waals surface area (Å²) in [4.78, 5) is 4.17. The first kappa shape index (κ1) is 7.00. The van der Waals surface area contributed by atoms with Gasteiger partial charge in [-0.15, -0.1) is 6.58 Å². The van der Waals surface area contributed by atoms with Gasteiger partial charge in [-0.3, -0.25) is 4.98 Å². The number of nitrogens with zero attached hydrogens (tertiary/aromatic N) is 1. The van der Waals surface area contributed by atoms with E-state index in [1.54, 1.807) is 0 Å². The second-order valence-electron chi connectivity index (χ2n) is 2.15. The highest BCUT2D eigenvalue weighted by molar-refractivity contribution is 5.03. The maximum Gasteiger partial charge on any atom is 0.0406 e. The Kier molecular flexibility index (Phi) is 2.68. The van der Waals surface area contributed by atoms with Crippen molar-refractivity contribution in [1.29, 1.82) is 0 Å². The molecule has 0 saturated carbocycles. The van der Waals surface area contributed by atoms with Gasteiger partial charge in [-0.2, -0.15) is 0 Å². The van der Waals surface area contributed by atoms with Crippen molar-refractivity contribution in [3.05, 3.63) is 42.7 Å². The lowest BCUT2D eigenvalue weighted by Gasteiger charge is -1.93. The van der Waals surface area contributed by atoms with Gasteiger partial charge < -0.3 is 0 Å². The van der Waals surface area contributed by atoms with Gasteiger partial charge in [-0.1, -0.05) is 12.1 Å². The van der Waals surface area contributed by atoms with Crippen molar-refractivity contribution in [2.45, 2.75) is 12.8 Å². The minimum absolute atomic E-state index is 1.00. The first-order valence-corrected chi connectivity index (χ1v) is 3.44. The fourth-order valence-corrected chi connectivity index (χ4v) is 0.796. The monoisotopic (exact) mass is 133 g/mol. The minimum atomic E-state index is 1.00. The summed E-state index contributed by atoms with van der Waals surface area (Å²) in [5, 5.41) is 0. The molecule has 1 heteroatoms. The van der Waals surface area contributed by atoms with Gasteiger partial charge in [0.1, 0.15) is 0 Å². The fraction of sp³-hybridized carbons (Fsp3) is 0.222. The molecule has 0 radical (unpaired) electrons. The molecule has 0 aliphatic rings. The molecule has 0 amide bonds. The van der Waals surface area contributed by atoms with E-state index in [2.05, 4.69) is 11.6 Å². The maximum atomic E-state index is 4.17. The number of rotatable bonds is 3. The SMILES string of the molecule is C=CCCc1ccccn1. The number of hydrogen-bond acceptors (Lipinski definition) is 1. The van der Waals surface area contributed by atoms with Gasteiger partial charge in [-0.25, -0.2) is 0 Å². The summed E-state index contributed by atoms with van der Waals surface area (Å²) in [5.74, 6) is 0. The second kappa shape index (κ2) is 3.83. The third-order valence-corrected chi connectivity index (χ3v) is 1.33. The van der Waals surface area contributed by atoms with Crippen LogP contribution < -0.4 is 0 Å². The molecule has 1 nitrogen and oxygen atoms in total. The Morgan fingerprint density at radius 1 is 1.50 bits per heavy atom. The Morgan fingerprint density at radius 2 is 2.40 bits per heavy atom. The Labute approximate surface area is 61.4 Å². The van der Waals surface area contributed by atoms with Crippen LogP contribution in [0, 0.1) is 0 Å². The van der Waals surface area contributed by atoms with Gasteiger partial charge >= 0.3 is 0 Å². The van der Waals surface area contributed by atoms with Crippen LogP contribution in [-0.4, -0.2) is 4.98 Å². The molecule has 10 heavy (non-hydrogen) atoms. The number of pyridine rings is 1. The third-order valence-electron chi connectivity index (χ3n) is 1.33. The number of hydrogen-bond donors (Lipinski definition) is 0. The average molecular weight is 133 g/mol. The third kappa shape index (κ3) is 2.02. The van der Waals surface area contributed by atoms with Crippen molar-refractivity contribution < 1.29 is 0 Å². The Balaban J connectivity index is 2.50. The van der Waals surface area contributed by atoms with Gasteiger partial charge in [0.25, 0.3) is 0 Å². The molecule has 1 rings (SSSR count). The number of allylic oxidation sites excluding steroid dienone is 1. The van der Waals surface area contributed by atoms with Crippen molar-refractivity contribution in [2.24, 2.45) is 0 Å². The normalized spacial score (nSPS) is 9.20. The van der Waals surface area contributed by atoms with Gasteiger partial charge in [0.05, 0.1) is 0 Å². The standard InChI is InChI=1S/C9H11N/c1-2-3-6-9-7-4-5-8-10-9/h2,4-5,7-8H,1,3,6H2. The summed E-state index contributed by atoms with van der Waals surface area (Å²) in [6.45, 7) is 3.65. The van der Waals surface area contributed by atoms with Gasteiger partial charge in [0.15, 0.2) is 0 Å². The van der Waals surface area contributed by atoms with Crippen LogP contribution in [0.2, 0.25) is 0 Å². The quantitative estimate of drug-likeness (QED) is 0.576. The second-order valence-corrected chi connectivity index (χ2v) is 2.15. The lowest BCUT2D eigenvalue weighted by molar-refractivity contribution is 0.945. The van der Waals surface area contributed by atoms with E-state index < -0.39 is 0 Å². The Hall–Kier alpha value is -1.11.